The zero-order chi connectivity index (χ0) is 13.1. The summed E-state index contributed by atoms with van der Waals surface area (Å²) in [5.41, 5.74) is 2.83. The van der Waals surface area contributed by atoms with Crippen molar-refractivity contribution < 1.29 is 5.11 Å². The van der Waals surface area contributed by atoms with Crippen molar-refractivity contribution in [2.45, 2.75) is 32.9 Å². The first kappa shape index (κ1) is 13.0. The SMILES string of the molecule is CCNC(C)C(O)c1cc(C)nc2ccccc12. The lowest BCUT2D eigenvalue weighted by molar-refractivity contribution is 0.138. The highest BCUT2D eigenvalue weighted by molar-refractivity contribution is 5.82. The van der Waals surface area contributed by atoms with E-state index in [0.29, 0.717) is 0 Å². The molecule has 0 bridgehead atoms. The van der Waals surface area contributed by atoms with E-state index in [0.717, 1.165) is 28.7 Å². The average Bonchev–Trinajstić information content (AvgIpc) is 2.37. The number of hydrogen-bond acceptors (Lipinski definition) is 3. The van der Waals surface area contributed by atoms with Crippen LogP contribution in [-0.4, -0.2) is 22.7 Å². The number of aromatic nitrogens is 1. The lowest BCUT2D eigenvalue weighted by Gasteiger charge is -2.21. The molecule has 1 heterocycles. The zero-order valence-electron chi connectivity index (χ0n) is 11.1. The number of para-hydroxylation sites is 1. The van der Waals surface area contributed by atoms with Gasteiger partial charge in [0.25, 0.3) is 0 Å². The smallest absolute Gasteiger partial charge is 0.0947 e. The number of pyridine rings is 1. The van der Waals surface area contributed by atoms with Crippen LogP contribution >= 0.6 is 0 Å². The minimum absolute atomic E-state index is 0.0280. The molecule has 96 valence electrons. The van der Waals surface area contributed by atoms with Gasteiger partial charge in [-0.3, -0.25) is 4.98 Å². The van der Waals surface area contributed by atoms with Crippen molar-refractivity contribution in [1.29, 1.82) is 0 Å². The Balaban J connectivity index is 2.49. The second-order valence-corrected chi connectivity index (χ2v) is 4.66. The van der Waals surface area contributed by atoms with Gasteiger partial charge in [-0.25, -0.2) is 0 Å². The fourth-order valence-corrected chi connectivity index (χ4v) is 2.29. The van der Waals surface area contributed by atoms with Gasteiger partial charge in [-0.1, -0.05) is 25.1 Å². The quantitative estimate of drug-likeness (QED) is 0.869. The molecule has 3 heteroatoms. The molecule has 0 saturated heterocycles. The molecule has 0 aliphatic heterocycles. The van der Waals surface area contributed by atoms with Crippen LogP contribution in [0.1, 0.15) is 31.2 Å². The number of rotatable bonds is 4. The first-order valence-corrected chi connectivity index (χ1v) is 6.41. The average molecular weight is 244 g/mol. The largest absolute Gasteiger partial charge is 0.387 e. The van der Waals surface area contributed by atoms with Crippen molar-refractivity contribution in [3.63, 3.8) is 0 Å². The molecule has 2 unspecified atom stereocenters. The topological polar surface area (TPSA) is 45.1 Å². The maximum absolute atomic E-state index is 10.5. The second-order valence-electron chi connectivity index (χ2n) is 4.66. The summed E-state index contributed by atoms with van der Waals surface area (Å²) >= 11 is 0. The van der Waals surface area contributed by atoms with Crippen LogP contribution in [0.3, 0.4) is 0 Å². The van der Waals surface area contributed by atoms with Gasteiger partial charge in [0.15, 0.2) is 0 Å². The van der Waals surface area contributed by atoms with Crippen molar-refractivity contribution >= 4 is 10.9 Å². The van der Waals surface area contributed by atoms with E-state index in [1.54, 1.807) is 0 Å². The normalized spacial score (nSPS) is 14.7. The van der Waals surface area contributed by atoms with E-state index in [1.165, 1.54) is 0 Å². The lowest BCUT2D eigenvalue weighted by Crippen LogP contribution is -2.32. The Labute approximate surface area is 108 Å². The number of fused-ring (bicyclic) bond motifs is 1. The molecule has 2 atom stereocenters. The molecule has 0 saturated carbocycles. The summed E-state index contributed by atoms with van der Waals surface area (Å²) in [6.07, 6.45) is -0.517. The van der Waals surface area contributed by atoms with Crippen molar-refractivity contribution in [3.05, 3.63) is 41.6 Å². The van der Waals surface area contributed by atoms with Crippen LogP contribution in [0.5, 0.6) is 0 Å². The fourth-order valence-electron chi connectivity index (χ4n) is 2.29. The van der Waals surface area contributed by atoms with Crippen LogP contribution in [0.25, 0.3) is 10.9 Å². The third kappa shape index (κ3) is 2.52. The van der Waals surface area contributed by atoms with Crippen LogP contribution < -0.4 is 5.32 Å². The number of nitrogens with zero attached hydrogens (tertiary/aromatic N) is 1. The Kier molecular flexibility index (Phi) is 3.94. The number of aliphatic hydroxyl groups is 1. The summed E-state index contributed by atoms with van der Waals surface area (Å²) < 4.78 is 0. The molecule has 0 fully saturated rings. The Hall–Kier alpha value is -1.45. The van der Waals surface area contributed by atoms with Crippen LogP contribution in [-0.2, 0) is 0 Å². The number of benzene rings is 1. The highest BCUT2D eigenvalue weighted by Crippen LogP contribution is 2.26. The maximum atomic E-state index is 10.5. The fraction of sp³-hybridized carbons (Fsp3) is 0.400. The minimum atomic E-state index is -0.517. The molecule has 0 aliphatic carbocycles. The molecular formula is C15H20N2O. The van der Waals surface area contributed by atoms with Crippen LogP contribution in [0, 0.1) is 6.92 Å². The van der Waals surface area contributed by atoms with Gasteiger partial charge in [0.1, 0.15) is 0 Å². The summed E-state index contributed by atoms with van der Waals surface area (Å²) in [6, 6.07) is 9.95. The summed E-state index contributed by atoms with van der Waals surface area (Å²) in [4.78, 5) is 4.49. The van der Waals surface area contributed by atoms with Gasteiger partial charge in [-0.05, 0) is 38.1 Å². The van der Waals surface area contributed by atoms with Crippen molar-refractivity contribution in [2.24, 2.45) is 0 Å². The van der Waals surface area contributed by atoms with Crippen molar-refractivity contribution in [2.75, 3.05) is 6.54 Å². The predicted octanol–water partition coefficient (Wildman–Crippen LogP) is 2.57. The summed E-state index contributed by atoms with van der Waals surface area (Å²) in [5, 5.41) is 14.7. The van der Waals surface area contributed by atoms with Crippen LogP contribution in [0.15, 0.2) is 30.3 Å². The van der Waals surface area contributed by atoms with E-state index in [1.807, 2.05) is 51.1 Å². The summed E-state index contributed by atoms with van der Waals surface area (Å²) in [7, 11) is 0. The minimum Gasteiger partial charge on any atom is -0.387 e. The Morgan fingerprint density at radius 3 is 2.78 bits per heavy atom. The molecule has 3 nitrogen and oxygen atoms in total. The molecular weight excluding hydrogens is 224 g/mol. The highest BCUT2D eigenvalue weighted by Gasteiger charge is 2.18. The van der Waals surface area contributed by atoms with E-state index in [9.17, 15) is 5.11 Å². The van der Waals surface area contributed by atoms with E-state index in [4.69, 9.17) is 0 Å². The highest BCUT2D eigenvalue weighted by atomic mass is 16.3. The molecule has 1 aromatic carbocycles. The number of aryl methyl sites for hydroxylation is 1. The van der Waals surface area contributed by atoms with E-state index < -0.39 is 6.10 Å². The van der Waals surface area contributed by atoms with Gasteiger partial charge < -0.3 is 10.4 Å². The molecule has 2 rings (SSSR count). The Morgan fingerprint density at radius 2 is 2.06 bits per heavy atom. The molecule has 2 aromatic rings. The molecule has 2 N–H and O–H groups in total. The van der Waals surface area contributed by atoms with Gasteiger partial charge in [0.05, 0.1) is 11.6 Å². The Bertz CT molecular complexity index is 539. The van der Waals surface area contributed by atoms with Crippen LogP contribution in [0.4, 0.5) is 0 Å². The monoisotopic (exact) mass is 244 g/mol. The predicted molar refractivity (Wildman–Crippen MR) is 74.6 cm³/mol. The third-order valence-corrected chi connectivity index (χ3v) is 3.19. The first-order chi connectivity index (χ1) is 8.63. The van der Waals surface area contributed by atoms with E-state index in [2.05, 4.69) is 10.3 Å². The molecule has 0 aliphatic rings. The number of likely N-dealkylation sites (N-methyl/N-ethyl adjacent to an activating group) is 1. The summed E-state index contributed by atoms with van der Waals surface area (Å²) in [6.45, 7) is 6.85. The number of hydrogen-bond donors (Lipinski definition) is 2. The lowest BCUT2D eigenvalue weighted by atomic mass is 9.98. The van der Waals surface area contributed by atoms with E-state index in [-0.39, 0.29) is 6.04 Å². The standard InChI is InChI=1S/C15H20N2O/c1-4-16-11(3)15(18)13-9-10(2)17-14-8-6-5-7-12(13)14/h5-9,11,15-16,18H,4H2,1-3H3. The van der Waals surface area contributed by atoms with Gasteiger partial charge in [-0.2, -0.15) is 0 Å². The second kappa shape index (κ2) is 5.46. The van der Waals surface area contributed by atoms with Gasteiger partial charge in [-0.15, -0.1) is 0 Å². The molecule has 1 aromatic heterocycles. The van der Waals surface area contributed by atoms with Crippen molar-refractivity contribution in [1.82, 2.24) is 10.3 Å². The third-order valence-electron chi connectivity index (χ3n) is 3.19. The molecule has 18 heavy (non-hydrogen) atoms. The van der Waals surface area contributed by atoms with Crippen molar-refractivity contribution in [3.8, 4) is 0 Å². The molecule has 0 radical (unpaired) electrons. The number of nitrogens with one attached hydrogen (secondary N) is 1. The maximum Gasteiger partial charge on any atom is 0.0947 e. The summed E-state index contributed by atoms with van der Waals surface area (Å²) in [5.74, 6) is 0. The van der Waals surface area contributed by atoms with Crippen LogP contribution in [0.2, 0.25) is 0 Å². The van der Waals surface area contributed by atoms with Gasteiger partial charge in [0, 0.05) is 17.1 Å². The number of aliphatic hydroxyl groups excluding tert-OH is 1. The zero-order valence-corrected chi connectivity index (χ0v) is 11.1. The van der Waals surface area contributed by atoms with Gasteiger partial charge >= 0.3 is 0 Å². The molecule has 0 spiro atoms. The van der Waals surface area contributed by atoms with Gasteiger partial charge in [0.2, 0.25) is 0 Å². The van der Waals surface area contributed by atoms with E-state index >= 15 is 0 Å². The first-order valence-electron chi connectivity index (χ1n) is 6.41. The Morgan fingerprint density at radius 1 is 1.33 bits per heavy atom. The molecule has 0 amide bonds.